The molecule has 0 atom stereocenters. The Morgan fingerprint density at radius 3 is 2.34 bits per heavy atom. The van der Waals surface area contributed by atoms with Crippen LogP contribution in [0.5, 0.6) is 5.88 Å². The Morgan fingerprint density at radius 2 is 1.72 bits per heavy atom. The number of nitrogens with zero attached hydrogens (tertiary/aromatic N) is 3. The second-order valence-corrected chi connectivity index (χ2v) is 7.06. The number of aliphatic imine (C=N–C) groups is 1. The van der Waals surface area contributed by atoms with E-state index in [2.05, 4.69) is 56.7 Å². The number of ether oxygens (including phenoxy) is 1. The largest absolute Gasteiger partial charge is 0.481 e. The molecule has 1 aliphatic heterocycles. The fourth-order valence-corrected chi connectivity index (χ4v) is 3.28. The summed E-state index contributed by atoms with van der Waals surface area (Å²) in [6, 6.07) is 12.7. The molecule has 0 unspecified atom stereocenters. The highest BCUT2D eigenvalue weighted by Crippen LogP contribution is 2.13. The van der Waals surface area contributed by atoms with Crippen molar-refractivity contribution in [2.24, 2.45) is 4.99 Å². The zero-order chi connectivity index (χ0) is 19.6. The molecule has 6 nitrogen and oxygen atoms in total. The van der Waals surface area contributed by atoms with Crippen LogP contribution in [0.15, 0.2) is 47.6 Å². The summed E-state index contributed by atoms with van der Waals surface area (Å²) in [5.74, 6) is 1.42. The first-order valence-electron chi connectivity index (χ1n) is 10.1. The normalized spacial score (nSPS) is 14.3. The van der Waals surface area contributed by atoms with Gasteiger partial charge in [0.05, 0.1) is 13.7 Å². The van der Waals surface area contributed by atoms with Gasteiger partial charge < -0.3 is 15.4 Å². The van der Waals surface area contributed by atoms with Gasteiger partial charge >= 0.3 is 0 Å². The number of halogens is 1. The maximum Gasteiger partial charge on any atom is 0.212 e. The first kappa shape index (κ1) is 23.4. The molecule has 0 saturated carbocycles. The number of benzene rings is 1. The van der Waals surface area contributed by atoms with Crippen molar-refractivity contribution in [3.8, 4) is 5.88 Å². The fraction of sp³-hybridized carbons (Fsp3) is 0.455. The van der Waals surface area contributed by atoms with Crippen molar-refractivity contribution in [3.05, 3.63) is 59.3 Å². The highest BCUT2D eigenvalue weighted by Gasteiger charge is 2.11. The lowest BCUT2D eigenvalue weighted by Crippen LogP contribution is -2.36. The van der Waals surface area contributed by atoms with E-state index in [0.29, 0.717) is 12.4 Å². The molecule has 1 saturated heterocycles. The van der Waals surface area contributed by atoms with Crippen LogP contribution in [0.2, 0.25) is 0 Å². The van der Waals surface area contributed by atoms with E-state index >= 15 is 0 Å². The van der Waals surface area contributed by atoms with Crippen LogP contribution in [0, 0.1) is 0 Å². The molecular weight excluding hydrogens is 477 g/mol. The quantitative estimate of drug-likeness (QED) is 0.324. The van der Waals surface area contributed by atoms with E-state index in [4.69, 9.17) is 4.74 Å². The molecule has 0 spiro atoms. The lowest BCUT2D eigenvalue weighted by molar-refractivity contribution is 0.331. The molecule has 0 radical (unpaired) electrons. The lowest BCUT2D eigenvalue weighted by Gasteiger charge is -2.15. The molecule has 7 heteroatoms. The summed E-state index contributed by atoms with van der Waals surface area (Å²) in [6.45, 7) is 7.73. The minimum atomic E-state index is 0. The van der Waals surface area contributed by atoms with Crippen molar-refractivity contribution in [2.75, 3.05) is 26.7 Å². The Balaban J connectivity index is 0.00000300. The van der Waals surface area contributed by atoms with E-state index in [1.807, 2.05) is 12.1 Å². The van der Waals surface area contributed by atoms with E-state index in [-0.39, 0.29) is 24.0 Å². The van der Waals surface area contributed by atoms with Crippen molar-refractivity contribution in [1.82, 2.24) is 20.5 Å². The Bertz CT molecular complexity index is 743. The number of hydrogen-bond donors (Lipinski definition) is 2. The number of pyridine rings is 1. The maximum atomic E-state index is 5.09. The lowest BCUT2D eigenvalue weighted by atomic mass is 10.1. The molecule has 1 aromatic heterocycles. The van der Waals surface area contributed by atoms with Crippen molar-refractivity contribution in [2.45, 2.75) is 39.4 Å². The van der Waals surface area contributed by atoms with Gasteiger partial charge in [0, 0.05) is 31.9 Å². The molecule has 1 fully saturated rings. The number of likely N-dealkylation sites (tertiary alicyclic amines) is 1. The molecule has 2 aromatic rings. The van der Waals surface area contributed by atoms with Gasteiger partial charge in [-0.1, -0.05) is 30.3 Å². The van der Waals surface area contributed by atoms with Crippen molar-refractivity contribution >= 4 is 29.9 Å². The predicted molar refractivity (Wildman–Crippen MR) is 129 cm³/mol. The summed E-state index contributed by atoms with van der Waals surface area (Å²) < 4.78 is 5.09. The standard InChI is InChI=1S/C22H31N5O.HI/c1-3-23-22(26-16-20-10-11-21(28-2)24-15-20)25-14-18-6-8-19(9-7-18)17-27-12-4-5-13-27;/h6-11,15H,3-5,12-14,16-17H2,1-2H3,(H2,23,25,26);1H. The Morgan fingerprint density at radius 1 is 1.03 bits per heavy atom. The number of nitrogens with one attached hydrogen (secondary N) is 2. The van der Waals surface area contributed by atoms with Gasteiger partial charge in [0.15, 0.2) is 5.96 Å². The highest BCUT2D eigenvalue weighted by molar-refractivity contribution is 14.0. The number of hydrogen-bond acceptors (Lipinski definition) is 4. The SMILES string of the molecule is CCNC(=NCc1ccc(OC)nc1)NCc1ccc(CN2CCCC2)cc1.I. The number of guanidine groups is 1. The van der Waals surface area contributed by atoms with E-state index in [1.54, 1.807) is 13.3 Å². The second kappa shape index (κ2) is 12.6. The summed E-state index contributed by atoms with van der Waals surface area (Å²) in [6.07, 6.45) is 4.47. The van der Waals surface area contributed by atoms with Crippen LogP contribution >= 0.6 is 24.0 Å². The van der Waals surface area contributed by atoms with Gasteiger partial charge in [-0.3, -0.25) is 4.90 Å². The fourth-order valence-electron chi connectivity index (χ4n) is 3.28. The van der Waals surface area contributed by atoms with Gasteiger partial charge in [0.25, 0.3) is 0 Å². The smallest absolute Gasteiger partial charge is 0.212 e. The molecule has 1 aliphatic rings. The molecule has 2 N–H and O–H groups in total. The summed E-state index contributed by atoms with van der Waals surface area (Å²) >= 11 is 0. The Hall–Kier alpha value is -1.87. The van der Waals surface area contributed by atoms with Gasteiger partial charge in [0.1, 0.15) is 0 Å². The summed E-state index contributed by atoms with van der Waals surface area (Å²) in [4.78, 5) is 11.4. The van der Waals surface area contributed by atoms with Gasteiger partial charge in [-0.05, 0) is 49.5 Å². The van der Waals surface area contributed by atoms with Crippen molar-refractivity contribution in [1.29, 1.82) is 0 Å². The van der Waals surface area contributed by atoms with E-state index in [1.165, 1.54) is 37.1 Å². The Labute approximate surface area is 191 Å². The number of methoxy groups -OCH3 is 1. The van der Waals surface area contributed by atoms with Crippen LogP contribution in [0.25, 0.3) is 0 Å². The minimum absolute atomic E-state index is 0. The number of rotatable bonds is 8. The average Bonchev–Trinajstić information content (AvgIpc) is 3.24. The second-order valence-electron chi connectivity index (χ2n) is 7.06. The van der Waals surface area contributed by atoms with E-state index < -0.39 is 0 Å². The van der Waals surface area contributed by atoms with Gasteiger partial charge in [-0.25, -0.2) is 9.98 Å². The highest BCUT2D eigenvalue weighted by atomic mass is 127. The molecule has 0 bridgehead atoms. The van der Waals surface area contributed by atoms with Crippen LogP contribution in [0.1, 0.15) is 36.5 Å². The number of aromatic nitrogens is 1. The van der Waals surface area contributed by atoms with Crippen molar-refractivity contribution < 1.29 is 4.74 Å². The molecule has 1 aromatic carbocycles. The molecular formula is C22H32IN5O. The van der Waals surface area contributed by atoms with Crippen LogP contribution in [-0.2, 0) is 19.6 Å². The summed E-state index contributed by atoms with van der Waals surface area (Å²) in [7, 11) is 1.62. The molecule has 29 heavy (non-hydrogen) atoms. The van der Waals surface area contributed by atoms with Gasteiger partial charge in [-0.2, -0.15) is 0 Å². The van der Waals surface area contributed by atoms with Crippen LogP contribution < -0.4 is 15.4 Å². The first-order valence-corrected chi connectivity index (χ1v) is 10.1. The third-order valence-corrected chi connectivity index (χ3v) is 4.86. The molecule has 158 valence electrons. The average molecular weight is 509 g/mol. The Kier molecular flexibility index (Phi) is 10.2. The monoisotopic (exact) mass is 509 g/mol. The topological polar surface area (TPSA) is 61.8 Å². The van der Waals surface area contributed by atoms with Crippen LogP contribution in [0.3, 0.4) is 0 Å². The molecule has 0 aliphatic carbocycles. The van der Waals surface area contributed by atoms with Gasteiger partial charge in [-0.15, -0.1) is 24.0 Å². The van der Waals surface area contributed by atoms with E-state index in [9.17, 15) is 0 Å². The first-order chi connectivity index (χ1) is 13.8. The zero-order valence-electron chi connectivity index (χ0n) is 17.4. The zero-order valence-corrected chi connectivity index (χ0v) is 19.7. The predicted octanol–water partition coefficient (Wildman–Crippen LogP) is 3.56. The van der Waals surface area contributed by atoms with Crippen molar-refractivity contribution in [3.63, 3.8) is 0 Å². The summed E-state index contributed by atoms with van der Waals surface area (Å²) in [5.41, 5.74) is 3.68. The van der Waals surface area contributed by atoms with Crippen LogP contribution in [-0.4, -0.2) is 42.6 Å². The summed E-state index contributed by atoms with van der Waals surface area (Å²) in [5, 5.41) is 6.70. The van der Waals surface area contributed by atoms with Gasteiger partial charge in [0.2, 0.25) is 5.88 Å². The molecule has 2 heterocycles. The third kappa shape index (κ3) is 7.81. The van der Waals surface area contributed by atoms with E-state index in [0.717, 1.165) is 31.2 Å². The molecule has 0 amide bonds. The minimum Gasteiger partial charge on any atom is -0.481 e. The third-order valence-electron chi connectivity index (χ3n) is 4.86. The molecule has 3 rings (SSSR count). The van der Waals surface area contributed by atoms with Crippen LogP contribution in [0.4, 0.5) is 0 Å². The maximum absolute atomic E-state index is 5.09.